The highest BCUT2D eigenvalue weighted by atomic mass is 19.1. The van der Waals surface area contributed by atoms with Gasteiger partial charge in [-0.3, -0.25) is 9.63 Å². The molecule has 2 N–H and O–H groups in total. The maximum atomic E-state index is 13.1. The van der Waals surface area contributed by atoms with Crippen LogP contribution in [-0.2, 0) is 14.4 Å². The molecule has 0 aromatic heterocycles. The average molecular weight is 239 g/mol. The summed E-state index contributed by atoms with van der Waals surface area (Å²) in [6.07, 6.45) is 2.30. The van der Waals surface area contributed by atoms with Crippen molar-refractivity contribution in [3.63, 3.8) is 0 Å². The van der Waals surface area contributed by atoms with Crippen LogP contribution in [-0.4, -0.2) is 23.6 Å². The first-order valence-electron chi connectivity index (χ1n) is 4.66. The van der Waals surface area contributed by atoms with E-state index < -0.39 is 24.3 Å². The van der Waals surface area contributed by atoms with Gasteiger partial charge in [0, 0.05) is 11.6 Å². The van der Waals surface area contributed by atoms with E-state index in [9.17, 15) is 14.0 Å². The molecule has 17 heavy (non-hydrogen) atoms. The van der Waals surface area contributed by atoms with E-state index in [1.54, 1.807) is 6.07 Å². The Kier molecular flexibility index (Phi) is 4.83. The Bertz CT molecular complexity index is 445. The predicted octanol–water partition coefficient (Wildman–Crippen LogP) is 0.971. The van der Waals surface area contributed by atoms with Crippen LogP contribution in [0.2, 0.25) is 0 Å². The van der Waals surface area contributed by atoms with Gasteiger partial charge in [0.05, 0.1) is 0 Å². The number of carbonyl (C=O) groups excluding carboxylic acids is 1. The third kappa shape index (κ3) is 4.89. The summed E-state index contributed by atoms with van der Waals surface area (Å²) in [6.45, 7) is -0.640. The molecule has 0 saturated heterocycles. The smallest absolute Gasteiger partial charge is 0.332 e. The average Bonchev–Trinajstić information content (AvgIpc) is 2.27. The van der Waals surface area contributed by atoms with Crippen molar-refractivity contribution in [3.8, 4) is 0 Å². The first-order chi connectivity index (χ1) is 8.09. The topological polar surface area (TPSA) is 75.6 Å². The molecule has 0 bridgehead atoms. The number of aliphatic carboxylic acids is 1. The summed E-state index contributed by atoms with van der Waals surface area (Å²) in [4.78, 5) is 25.5. The van der Waals surface area contributed by atoms with Crippen molar-refractivity contribution >= 4 is 18.0 Å². The Morgan fingerprint density at radius 2 is 2.12 bits per heavy atom. The van der Waals surface area contributed by atoms with E-state index in [0.29, 0.717) is 0 Å². The van der Waals surface area contributed by atoms with E-state index in [0.717, 1.165) is 6.08 Å². The van der Waals surface area contributed by atoms with E-state index in [1.807, 2.05) is 5.48 Å². The monoisotopic (exact) mass is 239 g/mol. The molecule has 90 valence electrons. The summed E-state index contributed by atoms with van der Waals surface area (Å²) < 4.78 is 13.1. The molecule has 0 saturated carbocycles. The van der Waals surface area contributed by atoms with E-state index in [2.05, 4.69) is 4.84 Å². The number of halogens is 1. The molecule has 0 atom stereocenters. The molecule has 6 heteroatoms. The van der Waals surface area contributed by atoms with Gasteiger partial charge in [0.1, 0.15) is 5.82 Å². The third-order valence-electron chi connectivity index (χ3n) is 1.69. The minimum atomic E-state index is -1.21. The predicted molar refractivity (Wildman–Crippen MR) is 57.2 cm³/mol. The van der Waals surface area contributed by atoms with Crippen LogP contribution in [0.5, 0.6) is 0 Å². The molecule has 1 aromatic rings. The van der Waals surface area contributed by atoms with Crippen molar-refractivity contribution < 1.29 is 23.9 Å². The number of amides is 1. The summed E-state index contributed by atoms with van der Waals surface area (Å²) in [5.41, 5.74) is 2.13. The van der Waals surface area contributed by atoms with Gasteiger partial charge in [0.15, 0.2) is 6.61 Å². The van der Waals surface area contributed by atoms with Crippen LogP contribution in [0.25, 0.3) is 6.08 Å². The highest BCUT2D eigenvalue weighted by Gasteiger charge is 2.00. The minimum Gasteiger partial charge on any atom is -0.479 e. The first kappa shape index (κ1) is 12.9. The number of hydroxylamine groups is 1. The van der Waals surface area contributed by atoms with Gasteiger partial charge in [0.2, 0.25) is 0 Å². The number of hydrogen-bond acceptors (Lipinski definition) is 3. The number of carbonyl (C=O) groups is 2. The normalized spacial score (nSPS) is 10.4. The molecule has 0 aliphatic carbocycles. The zero-order valence-electron chi connectivity index (χ0n) is 8.72. The summed E-state index contributed by atoms with van der Waals surface area (Å²) in [7, 11) is 0. The van der Waals surface area contributed by atoms with Gasteiger partial charge < -0.3 is 5.11 Å². The summed E-state index contributed by atoms with van der Waals surface area (Å²) in [5, 5.41) is 8.23. The van der Waals surface area contributed by atoms with Crippen LogP contribution in [0, 0.1) is 5.82 Å². The van der Waals surface area contributed by atoms with Crippen molar-refractivity contribution in [3.05, 3.63) is 41.7 Å². The zero-order valence-corrected chi connectivity index (χ0v) is 8.72. The Hall–Kier alpha value is -2.21. The second-order valence-corrected chi connectivity index (χ2v) is 3.00. The number of carboxylic acids is 1. The first-order valence-corrected chi connectivity index (χ1v) is 4.66. The SMILES string of the molecule is O=C(O)CONC(=O)C=Cc1ccccc1F. The summed E-state index contributed by atoms with van der Waals surface area (Å²) in [5.74, 6) is -2.33. The number of nitrogens with one attached hydrogen (secondary N) is 1. The van der Waals surface area contributed by atoms with Crippen LogP contribution in [0.15, 0.2) is 30.3 Å². The second kappa shape index (κ2) is 6.39. The van der Waals surface area contributed by atoms with Gasteiger partial charge in [-0.05, 0) is 12.1 Å². The Balaban J connectivity index is 2.46. The standard InChI is InChI=1S/C11H10FNO4/c12-9-4-2-1-3-8(9)5-6-10(14)13-17-7-11(15)16/h1-6H,7H2,(H,13,14)(H,15,16). The zero-order chi connectivity index (χ0) is 12.7. The van der Waals surface area contributed by atoms with E-state index in [1.165, 1.54) is 24.3 Å². The Morgan fingerprint density at radius 1 is 1.41 bits per heavy atom. The number of hydrogen-bond donors (Lipinski definition) is 2. The van der Waals surface area contributed by atoms with Crippen molar-refractivity contribution in [1.82, 2.24) is 5.48 Å². The third-order valence-corrected chi connectivity index (χ3v) is 1.69. The van der Waals surface area contributed by atoms with Crippen LogP contribution >= 0.6 is 0 Å². The molecule has 0 heterocycles. The van der Waals surface area contributed by atoms with Gasteiger partial charge >= 0.3 is 5.97 Å². The lowest BCUT2D eigenvalue weighted by molar-refractivity contribution is -0.147. The van der Waals surface area contributed by atoms with Crippen LogP contribution in [0.3, 0.4) is 0 Å². The highest BCUT2D eigenvalue weighted by Crippen LogP contribution is 2.07. The fraction of sp³-hybridized carbons (Fsp3) is 0.0909. The molecule has 0 radical (unpaired) electrons. The molecule has 0 spiro atoms. The van der Waals surface area contributed by atoms with Gasteiger partial charge in [-0.1, -0.05) is 18.2 Å². The van der Waals surface area contributed by atoms with Crippen molar-refractivity contribution in [2.75, 3.05) is 6.61 Å². The van der Waals surface area contributed by atoms with Crippen LogP contribution in [0.1, 0.15) is 5.56 Å². The molecule has 1 rings (SSSR count). The maximum absolute atomic E-state index is 13.1. The largest absolute Gasteiger partial charge is 0.479 e. The van der Waals surface area contributed by atoms with E-state index in [4.69, 9.17) is 5.11 Å². The van der Waals surface area contributed by atoms with Crippen molar-refractivity contribution in [2.24, 2.45) is 0 Å². The second-order valence-electron chi connectivity index (χ2n) is 3.00. The lowest BCUT2D eigenvalue weighted by atomic mass is 10.2. The van der Waals surface area contributed by atoms with Gasteiger partial charge in [-0.2, -0.15) is 0 Å². The van der Waals surface area contributed by atoms with Crippen molar-refractivity contribution in [1.29, 1.82) is 0 Å². The molecule has 0 aliphatic heterocycles. The number of rotatable bonds is 5. The van der Waals surface area contributed by atoms with Crippen molar-refractivity contribution in [2.45, 2.75) is 0 Å². The lowest BCUT2D eigenvalue weighted by Gasteiger charge is -1.99. The Morgan fingerprint density at radius 3 is 2.76 bits per heavy atom. The molecule has 1 amide bonds. The van der Waals surface area contributed by atoms with Crippen LogP contribution < -0.4 is 5.48 Å². The molecule has 0 unspecified atom stereocenters. The quantitative estimate of drug-likeness (QED) is 0.593. The fourth-order valence-corrected chi connectivity index (χ4v) is 0.979. The molecule has 5 nitrogen and oxygen atoms in total. The minimum absolute atomic E-state index is 0.251. The van der Waals surface area contributed by atoms with Gasteiger partial charge in [-0.25, -0.2) is 14.7 Å². The van der Waals surface area contributed by atoms with Crippen LogP contribution in [0.4, 0.5) is 4.39 Å². The molecular weight excluding hydrogens is 229 g/mol. The number of benzene rings is 1. The fourth-order valence-electron chi connectivity index (χ4n) is 0.979. The van der Waals surface area contributed by atoms with Gasteiger partial charge in [-0.15, -0.1) is 0 Å². The van der Waals surface area contributed by atoms with E-state index >= 15 is 0 Å². The number of carboxylic acid groups (broad SMARTS) is 1. The summed E-state index contributed by atoms with van der Waals surface area (Å²) >= 11 is 0. The Labute approximate surface area is 96.5 Å². The summed E-state index contributed by atoms with van der Waals surface area (Å²) in [6, 6.07) is 5.92. The lowest BCUT2D eigenvalue weighted by Crippen LogP contribution is -2.24. The van der Waals surface area contributed by atoms with E-state index in [-0.39, 0.29) is 5.56 Å². The molecule has 1 aromatic carbocycles. The molecule has 0 fully saturated rings. The molecule has 0 aliphatic rings. The maximum Gasteiger partial charge on any atom is 0.332 e. The van der Waals surface area contributed by atoms with Gasteiger partial charge in [0.25, 0.3) is 5.91 Å². The molecular formula is C11H10FNO4. The highest BCUT2D eigenvalue weighted by molar-refractivity contribution is 5.91.